The lowest BCUT2D eigenvalue weighted by Crippen LogP contribution is -2.05. The number of rotatable bonds is 6. The van der Waals surface area contributed by atoms with Gasteiger partial charge < -0.3 is 15.7 Å². The van der Waals surface area contributed by atoms with E-state index >= 15 is 0 Å². The highest BCUT2D eigenvalue weighted by atomic mass is 35.5. The number of halogens is 1. The summed E-state index contributed by atoms with van der Waals surface area (Å²) in [6.45, 7) is 0.583. The third-order valence-electron chi connectivity index (χ3n) is 3.47. The lowest BCUT2D eigenvalue weighted by Gasteiger charge is -2.10. The topological polar surface area (TPSA) is 87.1 Å². The van der Waals surface area contributed by atoms with Gasteiger partial charge in [0.1, 0.15) is 18.0 Å². The summed E-state index contributed by atoms with van der Waals surface area (Å²) >= 11 is 5.87. The minimum atomic E-state index is -1.00. The van der Waals surface area contributed by atoms with E-state index in [-0.39, 0.29) is 5.56 Å². The van der Waals surface area contributed by atoms with Crippen molar-refractivity contribution in [2.45, 2.75) is 6.54 Å². The predicted octanol–water partition coefficient (Wildman–Crippen LogP) is 4.18. The molecule has 3 rings (SSSR count). The molecule has 1 heterocycles. The van der Waals surface area contributed by atoms with Crippen LogP contribution >= 0.6 is 11.6 Å². The van der Waals surface area contributed by atoms with Gasteiger partial charge in [0.25, 0.3) is 0 Å². The molecule has 0 bridgehead atoms. The summed E-state index contributed by atoms with van der Waals surface area (Å²) in [5, 5.41) is 16.1. The Labute approximate surface area is 149 Å². The van der Waals surface area contributed by atoms with Crippen molar-refractivity contribution in [3.63, 3.8) is 0 Å². The molecular formula is C18H15ClN4O2. The average Bonchev–Trinajstić information content (AvgIpc) is 2.62. The molecule has 126 valence electrons. The summed E-state index contributed by atoms with van der Waals surface area (Å²) in [5.41, 5.74) is 1.71. The molecule has 0 spiro atoms. The van der Waals surface area contributed by atoms with Crippen molar-refractivity contribution < 1.29 is 9.90 Å². The van der Waals surface area contributed by atoms with E-state index in [1.54, 1.807) is 24.3 Å². The molecule has 3 aromatic rings. The number of aromatic carboxylic acids is 1. The molecule has 0 aliphatic heterocycles. The maximum atomic E-state index is 11.3. The summed E-state index contributed by atoms with van der Waals surface area (Å²) < 4.78 is 0. The molecule has 0 aliphatic rings. The molecule has 7 heteroatoms. The smallest absolute Gasteiger partial charge is 0.337 e. The first kappa shape index (κ1) is 16.7. The minimum Gasteiger partial charge on any atom is -0.478 e. The fourth-order valence-corrected chi connectivity index (χ4v) is 2.36. The van der Waals surface area contributed by atoms with Gasteiger partial charge in [-0.05, 0) is 29.8 Å². The first-order valence-electron chi connectivity index (χ1n) is 7.51. The quantitative estimate of drug-likeness (QED) is 0.615. The Morgan fingerprint density at radius 3 is 2.52 bits per heavy atom. The van der Waals surface area contributed by atoms with E-state index in [4.69, 9.17) is 11.6 Å². The van der Waals surface area contributed by atoms with E-state index in [0.717, 1.165) is 5.56 Å². The summed E-state index contributed by atoms with van der Waals surface area (Å²) in [7, 11) is 0. The highest BCUT2D eigenvalue weighted by molar-refractivity contribution is 6.30. The van der Waals surface area contributed by atoms with Crippen molar-refractivity contribution in [3.05, 3.63) is 77.1 Å². The zero-order valence-electron chi connectivity index (χ0n) is 13.1. The first-order chi connectivity index (χ1) is 12.1. The Morgan fingerprint density at radius 1 is 1.04 bits per heavy atom. The Kier molecular flexibility index (Phi) is 5.11. The van der Waals surface area contributed by atoms with Crippen molar-refractivity contribution in [2.24, 2.45) is 0 Å². The average molecular weight is 355 g/mol. The molecule has 0 saturated heterocycles. The van der Waals surface area contributed by atoms with E-state index in [9.17, 15) is 9.90 Å². The molecule has 1 aromatic heterocycles. The van der Waals surface area contributed by atoms with E-state index in [2.05, 4.69) is 20.6 Å². The molecule has 0 radical (unpaired) electrons. The van der Waals surface area contributed by atoms with Crippen LogP contribution < -0.4 is 10.6 Å². The second kappa shape index (κ2) is 7.63. The number of carbonyl (C=O) groups is 1. The standard InChI is InChI=1S/C18H15ClN4O2/c19-13-7-5-12(6-8-13)10-20-16-9-17(22-11-21-16)23-15-4-2-1-3-14(15)18(24)25/h1-9,11H,10H2,(H,24,25)(H2,20,21,22,23). The van der Waals surface area contributed by atoms with Crippen molar-refractivity contribution in [3.8, 4) is 0 Å². The van der Waals surface area contributed by atoms with E-state index in [1.807, 2.05) is 24.3 Å². The molecule has 0 unspecified atom stereocenters. The van der Waals surface area contributed by atoms with Gasteiger partial charge in [0, 0.05) is 17.6 Å². The molecule has 0 aliphatic carbocycles. The Balaban J connectivity index is 1.71. The fraction of sp³-hybridized carbons (Fsp3) is 0.0556. The van der Waals surface area contributed by atoms with E-state index in [0.29, 0.717) is 28.9 Å². The summed E-state index contributed by atoms with van der Waals surface area (Å²) in [4.78, 5) is 19.6. The SMILES string of the molecule is O=C(O)c1ccccc1Nc1cc(NCc2ccc(Cl)cc2)ncn1. The monoisotopic (exact) mass is 354 g/mol. The Bertz CT molecular complexity index is 884. The second-order valence-electron chi connectivity index (χ2n) is 5.24. The molecular weight excluding hydrogens is 340 g/mol. The highest BCUT2D eigenvalue weighted by Gasteiger charge is 2.09. The summed E-state index contributed by atoms with van der Waals surface area (Å²) in [6, 6.07) is 15.9. The van der Waals surface area contributed by atoms with Gasteiger partial charge in [-0.2, -0.15) is 0 Å². The number of nitrogens with zero attached hydrogens (tertiary/aromatic N) is 2. The van der Waals surface area contributed by atoms with E-state index < -0.39 is 5.97 Å². The molecule has 25 heavy (non-hydrogen) atoms. The van der Waals surface area contributed by atoms with Crippen LogP contribution in [0, 0.1) is 0 Å². The first-order valence-corrected chi connectivity index (χ1v) is 7.89. The third-order valence-corrected chi connectivity index (χ3v) is 3.73. The molecule has 0 saturated carbocycles. The van der Waals surface area contributed by atoms with Crippen LogP contribution in [0.2, 0.25) is 5.02 Å². The van der Waals surface area contributed by atoms with Gasteiger partial charge in [-0.3, -0.25) is 0 Å². The second-order valence-corrected chi connectivity index (χ2v) is 5.68. The molecule has 0 amide bonds. The van der Waals surface area contributed by atoms with Gasteiger partial charge in [0.15, 0.2) is 0 Å². The van der Waals surface area contributed by atoms with Gasteiger partial charge >= 0.3 is 5.97 Å². The van der Waals surface area contributed by atoms with Gasteiger partial charge in [-0.15, -0.1) is 0 Å². The zero-order chi connectivity index (χ0) is 17.6. The van der Waals surface area contributed by atoms with Crippen molar-refractivity contribution in [2.75, 3.05) is 10.6 Å². The predicted molar refractivity (Wildman–Crippen MR) is 97.5 cm³/mol. The number of hydrogen-bond donors (Lipinski definition) is 3. The van der Waals surface area contributed by atoms with Crippen LogP contribution in [-0.4, -0.2) is 21.0 Å². The number of nitrogens with one attached hydrogen (secondary N) is 2. The Hall–Kier alpha value is -3.12. The lowest BCUT2D eigenvalue weighted by molar-refractivity contribution is 0.0698. The zero-order valence-corrected chi connectivity index (χ0v) is 13.9. The number of carboxylic acids is 1. The third kappa shape index (κ3) is 4.45. The van der Waals surface area contributed by atoms with E-state index in [1.165, 1.54) is 12.4 Å². The number of anilines is 3. The largest absolute Gasteiger partial charge is 0.478 e. The molecule has 0 fully saturated rings. The van der Waals surface area contributed by atoms with Gasteiger partial charge in [0.05, 0.1) is 11.3 Å². The van der Waals surface area contributed by atoms with Crippen molar-refractivity contribution in [1.82, 2.24) is 9.97 Å². The number of hydrogen-bond acceptors (Lipinski definition) is 5. The lowest BCUT2D eigenvalue weighted by atomic mass is 10.2. The van der Waals surface area contributed by atoms with Crippen molar-refractivity contribution >= 4 is 34.9 Å². The molecule has 3 N–H and O–H groups in total. The Morgan fingerprint density at radius 2 is 1.76 bits per heavy atom. The van der Waals surface area contributed by atoms with Gasteiger partial charge in [-0.1, -0.05) is 35.9 Å². The fourth-order valence-electron chi connectivity index (χ4n) is 2.23. The molecule has 0 atom stereocenters. The van der Waals surface area contributed by atoms with Gasteiger partial charge in [-0.25, -0.2) is 14.8 Å². The van der Waals surface area contributed by atoms with Crippen molar-refractivity contribution in [1.29, 1.82) is 0 Å². The van der Waals surface area contributed by atoms with Crippen LogP contribution in [0.4, 0.5) is 17.3 Å². The number of aromatic nitrogens is 2. The minimum absolute atomic E-state index is 0.178. The number of benzene rings is 2. The maximum Gasteiger partial charge on any atom is 0.337 e. The van der Waals surface area contributed by atoms with Gasteiger partial charge in [0.2, 0.25) is 0 Å². The molecule has 6 nitrogen and oxygen atoms in total. The van der Waals surface area contributed by atoms with Crippen LogP contribution in [-0.2, 0) is 6.54 Å². The van der Waals surface area contributed by atoms with Crippen LogP contribution in [0.5, 0.6) is 0 Å². The maximum absolute atomic E-state index is 11.3. The number of para-hydroxylation sites is 1. The normalized spacial score (nSPS) is 10.3. The molecule has 2 aromatic carbocycles. The van der Waals surface area contributed by atoms with Crippen LogP contribution in [0.25, 0.3) is 0 Å². The highest BCUT2D eigenvalue weighted by Crippen LogP contribution is 2.21. The van der Waals surface area contributed by atoms with Crippen LogP contribution in [0.15, 0.2) is 60.9 Å². The number of carboxylic acid groups (broad SMARTS) is 1. The van der Waals surface area contributed by atoms with Crippen LogP contribution in [0.3, 0.4) is 0 Å². The summed E-state index contributed by atoms with van der Waals surface area (Å²) in [6.07, 6.45) is 1.41. The van der Waals surface area contributed by atoms with Crippen LogP contribution in [0.1, 0.15) is 15.9 Å². The summed E-state index contributed by atoms with van der Waals surface area (Å²) in [5.74, 6) is 0.126.